The Morgan fingerprint density at radius 3 is 2.58 bits per heavy atom. The second-order valence-corrected chi connectivity index (χ2v) is 7.72. The van der Waals surface area contributed by atoms with E-state index in [1.165, 1.54) is 16.8 Å². The first-order valence-corrected chi connectivity index (χ1v) is 9.55. The van der Waals surface area contributed by atoms with Gasteiger partial charge in [0, 0.05) is 54.3 Å². The summed E-state index contributed by atoms with van der Waals surface area (Å²) in [6.45, 7) is 0.321. The summed E-state index contributed by atoms with van der Waals surface area (Å²) >= 11 is 0. The van der Waals surface area contributed by atoms with Crippen LogP contribution in [0.3, 0.4) is 0 Å². The molecule has 1 fully saturated rings. The number of hydrogen-bond donors (Lipinski definition) is 2. The fraction of sp³-hybridized carbons (Fsp3) is 0.300. The van der Waals surface area contributed by atoms with E-state index >= 15 is 0 Å². The van der Waals surface area contributed by atoms with Gasteiger partial charge in [-0.15, -0.1) is 0 Å². The highest BCUT2D eigenvalue weighted by Crippen LogP contribution is 2.47. The van der Waals surface area contributed by atoms with Crippen LogP contribution in [0.4, 0.5) is 13.2 Å². The van der Waals surface area contributed by atoms with E-state index in [2.05, 4.69) is 25.0 Å². The number of halogens is 3. The van der Waals surface area contributed by atoms with Gasteiger partial charge in [0.15, 0.2) is 17.1 Å². The molecule has 1 aliphatic rings. The molecule has 11 heteroatoms. The number of fused-ring (bicyclic) bond motifs is 1. The maximum Gasteiger partial charge on any atom is 0.421 e. The third kappa shape index (κ3) is 3.08. The highest BCUT2D eigenvalue weighted by Gasteiger charge is 2.61. The van der Waals surface area contributed by atoms with E-state index in [1.54, 1.807) is 42.9 Å². The Morgan fingerprint density at radius 2 is 1.90 bits per heavy atom. The van der Waals surface area contributed by atoms with Crippen molar-refractivity contribution in [2.75, 3.05) is 20.1 Å². The number of likely N-dealkylation sites (tertiary alicyclic amines) is 1. The third-order valence-electron chi connectivity index (χ3n) is 5.72. The van der Waals surface area contributed by atoms with E-state index in [0.717, 1.165) is 17.3 Å². The van der Waals surface area contributed by atoms with Crippen LogP contribution < -0.4 is 0 Å². The van der Waals surface area contributed by atoms with Crippen molar-refractivity contribution in [3.05, 3.63) is 54.9 Å². The maximum absolute atomic E-state index is 13.8. The second kappa shape index (κ2) is 6.86. The SMILES string of the molecule is CN1CC(C(O)(c2ccc(-n3cc(-c4ccnc5[nH]cnc45)cn3)nc2)C(F)(F)F)C1. The Kier molecular flexibility index (Phi) is 4.34. The molecular formula is C20H18F3N7O. The summed E-state index contributed by atoms with van der Waals surface area (Å²) in [5.74, 6) is -0.609. The highest BCUT2D eigenvalue weighted by molar-refractivity contribution is 5.88. The van der Waals surface area contributed by atoms with Crippen LogP contribution in [0.2, 0.25) is 0 Å². The van der Waals surface area contributed by atoms with E-state index in [9.17, 15) is 18.3 Å². The fourth-order valence-electron chi connectivity index (χ4n) is 4.01. The van der Waals surface area contributed by atoms with Crippen LogP contribution in [0, 0.1) is 5.92 Å². The molecule has 0 radical (unpaired) electrons. The van der Waals surface area contributed by atoms with Crippen molar-refractivity contribution in [2.45, 2.75) is 11.8 Å². The zero-order chi connectivity index (χ0) is 21.8. The number of H-pyrrole nitrogens is 1. The van der Waals surface area contributed by atoms with Crippen LogP contribution in [-0.2, 0) is 5.60 Å². The summed E-state index contributed by atoms with van der Waals surface area (Å²) < 4.78 is 42.8. The summed E-state index contributed by atoms with van der Waals surface area (Å²) in [6.07, 6.45) is 2.79. The van der Waals surface area contributed by atoms with Gasteiger partial charge in [-0.2, -0.15) is 18.3 Å². The van der Waals surface area contributed by atoms with Crippen LogP contribution in [0.25, 0.3) is 28.1 Å². The molecule has 160 valence electrons. The molecule has 0 aromatic carbocycles. The number of aliphatic hydroxyl groups is 1. The molecule has 4 aromatic heterocycles. The van der Waals surface area contributed by atoms with Crippen LogP contribution in [0.15, 0.2) is 49.3 Å². The van der Waals surface area contributed by atoms with Gasteiger partial charge in [0.05, 0.1) is 12.5 Å². The molecule has 1 atom stereocenters. The fourth-order valence-corrected chi connectivity index (χ4v) is 4.01. The molecule has 1 aliphatic heterocycles. The summed E-state index contributed by atoms with van der Waals surface area (Å²) in [6, 6.07) is 4.48. The van der Waals surface area contributed by atoms with Gasteiger partial charge in [-0.25, -0.2) is 19.6 Å². The Balaban J connectivity index is 1.46. The number of nitrogens with zero attached hydrogens (tertiary/aromatic N) is 6. The molecule has 0 saturated carbocycles. The van der Waals surface area contributed by atoms with Gasteiger partial charge in [-0.05, 0) is 19.2 Å². The lowest BCUT2D eigenvalue weighted by atomic mass is 9.77. The van der Waals surface area contributed by atoms with Crippen molar-refractivity contribution in [1.29, 1.82) is 0 Å². The Labute approximate surface area is 174 Å². The minimum atomic E-state index is -4.81. The van der Waals surface area contributed by atoms with Crippen molar-refractivity contribution < 1.29 is 18.3 Å². The van der Waals surface area contributed by atoms with Crippen LogP contribution in [-0.4, -0.2) is 66.0 Å². The van der Waals surface area contributed by atoms with Gasteiger partial charge < -0.3 is 15.0 Å². The third-order valence-corrected chi connectivity index (χ3v) is 5.72. The number of aromatic amines is 1. The Hall–Kier alpha value is -3.31. The average Bonchev–Trinajstić information content (AvgIpc) is 3.39. The van der Waals surface area contributed by atoms with Crippen molar-refractivity contribution in [1.82, 2.24) is 34.6 Å². The van der Waals surface area contributed by atoms with Crippen LogP contribution in [0.5, 0.6) is 0 Å². The number of rotatable bonds is 4. The summed E-state index contributed by atoms with van der Waals surface area (Å²) in [7, 11) is 1.71. The quantitative estimate of drug-likeness (QED) is 0.518. The molecule has 1 unspecified atom stereocenters. The molecule has 4 aromatic rings. The molecule has 1 saturated heterocycles. The van der Waals surface area contributed by atoms with Crippen LogP contribution in [0.1, 0.15) is 5.56 Å². The van der Waals surface area contributed by atoms with Gasteiger partial charge in [0.2, 0.25) is 0 Å². The first kappa shape index (κ1) is 19.6. The van der Waals surface area contributed by atoms with Crippen molar-refractivity contribution in [3.63, 3.8) is 0 Å². The molecule has 0 aliphatic carbocycles. The Morgan fingerprint density at radius 1 is 1.10 bits per heavy atom. The number of nitrogens with one attached hydrogen (secondary N) is 1. The molecule has 8 nitrogen and oxygen atoms in total. The molecular weight excluding hydrogens is 411 g/mol. The van der Waals surface area contributed by atoms with Gasteiger partial charge in [0.25, 0.3) is 0 Å². The lowest BCUT2D eigenvalue weighted by Gasteiger charge is -2.47. The normalized spacial score (nSPS) is 17.6. The summed E-state index contributed by atoms with van der Waals surface area (Å²) in [5, 5.41) is 14.9. The minimum Gasteiger partial charge on any atom is -0.376 e. The molecule has 5 rings (SSSR count). The summed E-state index contributed by atoms with van der Waals surface area (Å²) in [5.41, 5.74) is -0.319. The first-order chi connectivity index (χ1) is 14.8. The lowest BCUT2D eigenvalue weighted by molar-refractivity contribution is -0.299. The van der Waals surface area contributed by atoms with Gasteiger partial charge in [-0.1, -0.05) is 6.07 Å². The molecule has 0 amide bonds. The number of alkyl halides is 3. The van der Waals surface area contributed by atoms with E-state index in [1.807, 2.05) is 0 Å². The zero-order valence-electron chi connectivity index (χ0n) is 16.4. The molecule has 31 heavy (non-hydrogen) atoms. The average molecular weight is 429 g/mol. The largest absolute Gasteiger partial charge is 0.421 e. The van der Waals surface area contributed by atoms with Gasteiger partial charge >= 0.3 is 6.18 Å². The first-order valence-electron chi connectivity index (χ1n) is 9.55. The predicted octanol–water partition coefficient (Wildman–Crippen LogP) is 2.52. The van der Waals surface area contributed by atoms with E-state index in [0.29, 0.717) is 17.0 Å². The molecule has 0 spiro atoms. The van der Waals surface area contributed by atoms with E-state index in [-0.39, 0.29) is 18.7 Å². The van der Waals surface area contributed by atoms with Crippen LogP contribution >= 0.6 is 0 Å². The molecule has 2 N–H and O–H groups in total. The highest BCUT2D eigenvalue weighted by atomic mass is 19.4. The van der Waals surface area contributed by atoms with Crippen molar-refractivity contribution >= 4 is 11.2 Å². The maximum atomic E-state index is 13.8. The predicted molar refractivity (Wildman–Crippen MR) is 105 cm³/mol. The molecule has 0 bridgehead atoms. The van der Waals surface area contributed by atoms with E-state index in [4.69, 9.17) is 0 Å². The minimum absolute atomic E-state index is 0.161. The zero-order valence-corrected chi connectivity index (χ0v) is 16.4. The lowest BCUT2D eigenvalue weighted by Crippen LogP contribution is -2.60. The number of aromatic nitrogens is 6. The van der Waals surface area contributed by atoms with Gasteiger partial charge in [-0.3, -0.25) is 0 Å². The number of imidazole rings is 1. The topological polar surface area (TPSA) is 95.8 Å². The second-order valence-electron chi connectivity index (χ2n) is 7.72. The Bertz CT molecular complexity index is 1230. The monoisotopic (exact) mass is 429 g/mol. The molecule has 5 heterocycles. The van der Waals surface area contributed by atoms with Gasteiger partial charge in [0.1, 0.15) is 5.52 Å². The number of pyridine rings is 2. The number of hydrogen-bond acceptors (Lipinski definition) is 6. The van der Waals surface area contributed by atoms with E-state index < -0.39 is 17.7 Å². The summed E-state index contributed by atoms with van der Waals surface area (Å²) in [4.78, 5) is 17.3. The smallest absolute Gasteiger partial charge is 0.376 e. The van der Waals surface area contributed by atoms with Crippen molar-refractivity contribution in [2.24, 2.45) is 5.92 Å². The van der Waals surface area contributed by atoms with Crippen molar-refractivity contribution in [3.8, 4) is 16.9 Å². The standard InChI is InChI=1S/C20H18F3N7O/c1-29-9-14(10-29)19(31,20(21,22)23)13-2-3-16(25-7-13)30-8-12(6-28-30)15-4-5-24-18-17(15)26-11-27-18/h2-8,11,14,31H,9-10H2,1H3,(H,24,26,27).